The summed E-state index contributed by atoms with van der Waals surface area (Å²) in [5.74, 6) is -1.63. The van der Waals surface area contributed by atoms with Gasteiger partial charge in [0.1, 0.15) is 11.5 Å². The molecule has 0 saturated carbocycles. The zero-order valence-corrected chi connectivity index (χ0v) is 18.4. The minimum atomic E-state index is -4.43. The molecule has 3 N–H and O–H groups in total. The van der Waals surface area contributed by atoms with Gasteiger partial charge >= 0.3 is 0 Å². The lowest BCUT2D eigenvalue weighted by Gasteiger charge is -2.31. The molecule has 2 atom stereocenters. The van der Waals surface area contributed by atoms with Crippen LogP contribution in [0.15, 0.2) is 47.4 Å². The Kier molecular flexibility index (Phi) is 6.16. The predicted octanol–water partition coefficient (Wildman–Crippen LogP) is 0.712. The van der Waals surface area contributed by atoms with Crippen LogP contribution in [0.2, 0.25) is 0 Å². The van der Waals surface area contributed by atoms with Gasteiger partial charge in [0.2, 0.25) is 5.91 Å². The molecule has 3 rings (SSSR count). The normalized spacial score (nSPS) is 20.2. The van der Waals surface area contributed by atoms with Crippen molar-refractivity contribution in [3.63, 3.8) is 0 Å². The number of phenols is 1. The number of amides is 1. The molecule has 1 fully saturated rings. The van der Waals surface area contributed by atoms with Crippen LogP contribution < -0.4 is 14.4 Å². The maximum absolute atomic E-state index is 13.6. The van der Waals surface area contributed by atoms with Gasteiger partial charge in [0.15, 0.2) is 9.84 Å². The monoisotopic (exact) mass is 470 g/mol. The summed E-state index contributed by atoms with van der Waals surface area (Å²) >= 11 is 0. The number of methoxy groups -OCH3 is 1. The average Bonchev–Trinajstić information content (AvgIpc) is 2.93. The van der Waals surface area contributed by atoms with E-state index in [1.54, 1.807) is 0 Å². The molecule has 0 radical (unpaired) electrons. The maximum Gasteiger partial charge on any atom is 0.264 e. The fraction of sp³-hybridized carbons (Fsp3) is 0.316. The summed E-state index contributed by atoms with van der Waals surface area (Å²) in [6.07, 6.45) is -1.46. The van der Waals surface area contributed by atoms with Gasteiger partial charge in [-0.2, -0.15) is 0 Å². The van der Waals surface area contributed by atoms with Gasteiger partial charge in [-0.1, -0.05) is 6.07 Å². The van der Waals surface area contributed by atoms with Crippen molar-refractivity contribution in [1.82, 2.24) is 0 Å². The third kappa shape index (κ3) is 4.75. The number of hydrogen-bond acceptors (Lipinski definition) is 8. The molecule has 2 aromatic rings. The van der Waals surface area contributed by atoms with E-state index in [1.807, 2.05) is 0 Å². The van der Waals surface area contributed by atoms with E-state index < -0.39 is 49.4 Å². The number of benzene rings is 2. The summed E-state index contributed by atoms with van der Waals surface area (Å²) in [6, 6.07) is 7.74. The Morgan fingerprint density at radius 2 is 1.90 bits per heavy atom. The number of phenolic OH excluding ortho intramolecular Hbond substituents is 1. The molecule has 1 amide bonds. The zero-order chi connectivity index (χ0) is 23.0. The van der Waals surface area contributed by atoms with E-state index in [0.29, 0.717) is 0 Å². The number of carbonyl (C=O) groups excluding carboxylic acids is 1. The molecular formula is C19H22N2O8S2. The van der Waals surface area contributed by atoms with Crippen LogP contribution in [0.1, 0.15) is 6.92 Å². The standard InChI is InChI=1S/C19H22N2O8S2/c1-12(22)20-16-9-15(6-7-19(16)29-2)31(27,28)21(13-4-3-5-14(23)8-13)17-10-30(25,26)11-18(17)24/h3-9,17-18,23-24H,10-11H2,1-2H3,(H,20,22)/t17-,18-/m1/s1. The van der Waals surface area contributed by atoms with Crippen LogP contribution in [0.5, 0.6) is 11.5 Å². The van der Waals surface area contributed by atoms with Gasteiger partial charge in [-0.25, -0.2) is 16.8 Å². The number of nitrogens with zero attached hydrogens (tertiary/aromatic N) is 1. The van der Waals surface area contributed by atoms with Crippen LogP contribution in [0.4, 0.5) is 11.4 Å². The van der Waals surface area contributed by atoms with E-state index in [0.717, 1.165) is 10.4 Å². The summed E-state index contributed by atoms with van der Waals surface area (Å²) in [5.41, 5.74) is 0.0876. The lowest BCUT2D eigenvalue weighted by atomic mass is 10.2. The van der Waals surface area contributed by atoms with Crippen molar-refractivity contribution < 1.29 is 36.6 Å². The maximum atomic E-state index is 13.6. The second-order valence-electron chi connectivity index (χ2n) is 7.08. The van der Waals surface area contributed by atoms with Gasteiger partial charge in [-0.05, 0) is 30.3 Å². The molecule has 1 heterocycles. The Labute approximate surface area is 180 Å². The number of aliphatic hydroxyl groups excluding tert-OH is 1. The predicted molar refractivity (Wildman–Crippen MR) is 114 cm³/mol. The molecule has 1 aliphatic rings. The smallest absolute Gasteiger partial charge is 0.264 e. The highest BCUT2D eigenvalue weighted by Gasteiger charge is 2.45. The summed E-state index contributed by atoms with van der Waals surface area (Å²) in [6.45, 7) is 1.25. The fourth-order valence-corrected chi connectivity index (χ4v) is 6.98. The lowest BCUT2D eigenvalue weighted by Crippen LogP contribution is -2.47. The van der Waals surface area contributed by atoms with E-state index in [9.17, 15) is 31.8 Å². The number of nitrogens with one attached hydrogen (secondary N) is 1. The quantitative estimate of drug-likeness (QED) is 0.559. The second-order valence-corrected chi connectivity index (χ2v) is 11.0. The third-order valence-corrected chi connectivity index (χ3v) is 8.27. The number of aromatic hydroxyl groups is 1. The van der Waals surface area contributed by atoms with Crippen LogP contribution in [-0.2, 0) is 24.7 Å². The largest absolute Gasteiger partial charge is 0.508 e. The Morgan fingerprint density at radius 1 is 1.19 bits per heavy atom. The highest BCUT2D eigenvalue weighted by Crippen LogP contribution is 2.35. The fourth-order valence-electron chi connectivity index (χ4n) is 3.42. The summed E-state index contributed by atoms with van der Waals surface area (Å²) in [5, 5.41) is 22.7. The number of sulfonamides is 1. The van der Waals surface area contributed by atoms with Crippen LogP contribution in [0, 0.1) is 0 Å². The molecule has 0 unspecified atom stereocenters. The van der Waals surface area contributed by atoms with Gasteiger partial charge in [-0.15, -0.1) is 0 Å². The van der Waals surface area contributed by atoms with Gasteiger partial charge in [0.25, 0.3) is 10.0 Å². The van der Waals surface area contributed by atoms with E-state index in [1.165, 1.54) is 50.4 Å². The van der Waals surface area contributed by atoms with E-state index >= 15 is 0 Å². The first-order chi connectivity index (χ1) is 14.4. The number of aliphatic hydroxyl groups is 1. The van der Waals surface area contributed by atoms with Gasteiger partial charge in [0, 0.05) is 13.0 Å². The number of carbonyl (C=O) groups is 1. The molecule has 0 spiro atoms. The van der Waals surface area contributed by atoms with Gasteiger partial charge in [-0.3, -0.25) is 9.10 Å². The molecule has 0 aromatic heterocycles. The van der Waals surface area contributed by atoms with Crippen molar-refractivity contribution in [3.05, 3.63) is 42.5 Å². The number of hydrogen-bond donors (Lipinski definition) is 3. The topological polar surface area (TPSA) is 150 Å². The average molecular weight is 471 g/mol. The number of rotatable bonds is 6. The van der Waals surface area contributed by atoms with Crippen molar-refractivity contribution in [3.8, 4) is 11.5 Å². The second kappa shape index (κ2) is 8.36. The SMILES string of the molecule is COc1ccc(S(=O)(=O)N(c2cccc(O)c2)[C@@H]2CS(=O)(=O)C[C@H]2O)cc1NC(C)=O. The molecule has 1 aliphatic heterocycles. The van der Waals surface area contributed by atoms with E-state index in [-0.39, 0.29) is 27.8 Å². The van der Waals surface area contributed by atoms with Crippen LogP contribution in [-0.4, -0.2) is 63.7 Å². The number of ether oxygens (including phenoxy) is 1. The first kappa shape index (κ1) is 22.8. The molecule has 0 bridgehead atoms. The van der Waals surface area contributed by atoms with Crippen LogP contribution >= 0.6 is 0 Å². The molecule has 1 saturated heterocycles. The molecular weight excluding hydrogens is 448 g/mol. The summed E-state index contributed by atoms with van der Waals surface area (Å²) in [4.78, 5) is 11.2. The lowest BCUT2D eigenvalue weighted by molar-refractivity contribution is -0.114. The van der Waals surface area contributed by atoms with E-state index in [4.69, 9.17) is 4.74 Å². The molecule has 0 aliphatic carbocycles. The minimum Gasteiger partial charge on any atom is -0.508 e. The number of sulfone groups is 1. The first-order valence-electron chi connectivity index (χ1n) is 9.12. The number of anilines is 2. The first-order valence-corrected chi connectivity index (χ1v) is 12.4. The zero-order valence-electron chi connectivity index (χ0n) is 16.7. The minimum absolute atomic E-state index is 0.0157. The molecule has 31 heavy (non-hydrogen) atoms. The van der Waals surface area contributed by atoms with Crippen molar-refractivity contribution in [2.45, 2.75) is 24.0 Å². The Balaban J connectivity index is 2.18. The summed E-state index contributed by atoms with van der Waals surface area (Å²) in [7, 11) is -6.76. The van der Waals surface area contributed by atoms with E-state index in [2.05, 4.69) is 5.32 Å². The van der Waals surface area contributed by atoms with Crippen molar-refractivity contribution in [1.29, 1.82) is 0 Å². The highest BCUT2D eigenvalue weighted by molar-refractivity contribution is 7.93. The molecule has 10 nitrogen and oxygen atoms in total. The molecule has 12 heteroatoms. The van der Waals surface area contributed by atoms with Crippen molar-refractivity contribution in [2.24, 2.45) is 0 Å². The highest BCUT2D eigenvalue weighted by atomic mass is 32.2. The third-order valence-electron chi connectivity index (χ3n) is 4.72. The Bertz CT molecular complexity index is 1210. The van der Waals surface area contributed by atoms with Gasteiger partial charge < -0.3 is 20.3 Å². The van der Waals surface area contributed by atoms with Crippen LogP contribution in [0.3, 0.4) is 0 Å². The molecule has 2 aromatic carbocycles. The Hall–Kier alpha value is -2.83. The van der Waals surface area contributed by atoms with Crippen molar-refractivity contribution in [2.75, 3.05) is 28.2 Å². The van der Waals surface area contributed by atoms with Gasteiger partial charge in [0.05, 0.1) is 47.0 Å². The molecule has 168 valence electrons. The Morgan fingerprint density at radius 3 is 2.45 bits per heavy atom. The van der Waals surface area contributed by atoms with Crippen LogP contribution in [0.25, 0.3) is 0 Å². The summed E-state index contributed by atoms with van der Waals surface area (Å²) < 4.78 is 57.3. The van der Waals surface area contributed by atoms with Crippen molar-refractivity contribution >= 4 is 37.1 Å².